The topological polar surface area (TPSA) is 98.1 Å². The Morgan fingerprint density at radius 1 is 0.939 bits per heavy atom. The molecule has 0 saturated heterocycles. The van der Waals surface area contributed by atoms with Gasteiger partial charge in [0.15, 0.2) is 5.69 Å². The number of halogens is 1. The van der Waals surface area contributed by atoms with Crippen LogP contribution in [-0.2, 0) is 0 Å². The molecular formula is C24H20ClN5O3. The molecule has 2 heterocycles. The molecule has 4 rings (SSSR count). The molecule has 166 valence electrons. The van der Waals surface area contributed by atoms with Gasteiger partial charge in [0, 0.05) is 17.8 Å². The zero-order valence-electron chi connectivity index (χ0n) is 17.7. The lowest BCUT2D eigenvalue weighted by atomic mass is 10.1. The van der Waals surface area contributed by atoms with Gasteiger partial charge in [-0.05, 0) is 25.1 Å². The van der Waals surface area contributed by atoms with Gasteiger partial charge in [-0.1, -0.05) is 60.1 Å². The Morgan fingerprint density at radius 3 is 2.30 bits per heavy atom. The van der Waals surface area contributed by atoms with Crippen LogP contribution < -0.4 is 15.6 Å². The zero-order chi connectivity index (χ0) is 23.2. The highest BCUT2D eigenvalue weighted by Gasteiger charge is 2.20. The number of nitrogens with one attached hydrogen (secondary N) is 2. The Morgan fingerprint density at radius 2 is 1.61 bits per heavy atom. The maximum Gasteiger partial charge on any atom is 0.289 e. The first-order valence-corrected chi connectivity index (χ1v) is 10.5. The van der Waals surface area contributed by atoms with E-state index in [0.29, 0.717) is 12.3 Å². The van der Waals surface area contributed by atoms with Crippen LogP contribution in [0.3, 0.4) is 0 Å². The van der Waals surface area contributed by atoms with Gasteiger partial charge >= 0.3 is 0 Å². The van der Waals surface area contributed by atoms with Gasteiger partial charge in [0.25, 0.3) is 11.8 Å². The molecule has 0 aliphatic rings. The second-order valence-electron chi connectivity index (χ2n) is 6.86. The number of aromatic nitrogens is 3. The van der Waals surface area contributed by atoms with Gasteiger partial charge in [0.05, 0.1) is 22.9 Å². The molecule has 4 aromatic rings. The summed E-state index contributed by atoms with van der Waals surface area (Å²) in [6.07, 6.45) is 1.61. The van der Waals surface area contributed by atoms with Crippen molar-refractivity contribution in [3.8, 4) is 22.8 Å². The molecule has 33 heavy (non-hydrogen) atoms. The number of para-hydroxylation sites is 1. The fourth-order valence-electron chi connectivity index (χ4n) is 3.11. The van der Waals surface area contributed by atoms with E-state index in [1.165, 1.54) is 6.07 Å². The molecule has 2 N–H and O–H groups in total. The number of amides is 2. The predicted octanol–water partition coefficient (Wildman–Crippen LogP) is 4.06. The van der Waals surface area contributed by atoms with Gasteiger partial charge in [-0.15, -0.1) is 0 Å². The van der Waals surface area contributed by atoms with Crippen molar-refractivity contribution in [2.75, 3.05) is 6.61 Å². The second-order valence-corrected chi connectivity index (χ2v) is 7.27. The van der Waals surface area contributed by atoms with Gasteiger partial charge in [-0.2, -0.15) is 5.10 Å². The quantitative estimate of drug-likeness (QED) is 0.422. The van der Waals surface area contributed by atoms with Crippen LogP contribution >= 0.6 is 11.6 Å². The lowest BCUT2D eigenvalue weighted by Crippen LogP contribution is -2.42. The molecule has 9 heteroatoms. The summed E-state index contributed by atoms with van der Waals surface area (Å²) in [5, 5.41) is 4.73. The molecular weight excluding hydrogens is 442 g/mol. The van der Waals surface area contributed by atoms with Gasteiger partial charge in [0.2, 0.25) is 5.88 Å². The molecule has 0 aliphatic heterocycles. The lowest BCUT2D eigenvalue weighted by Gasteiger charge is -2.09. The monoisotopic (exact) mass is 461 g/mol. The summed E-state index contributed by atoms with van der Waals surface area (Å²) < 4.78 is 6.92. The normalized spacial score (nSPS) is 10.5. The molecule has 0 fully saturated rings. The van der Waals surface area contributed by atoms with Crippen LogP contribution in [0.25, 0.3) is 16.9 Å². The van der Waals surface area contributed by atoms with E-state index >= 15 is 0 Å². The van der Waals surface area contributed by atoms with Crippen LogP contribution in [0.15, 0.2) is 79.0 Å². The Labute approximate surface area is 195 Å². The predicted molar refractivity (Wildman–Crippen MR) is 124 cm³/mol. The Bertz CT molecular complexity index is 1280. The number of pyridine rings is 1. The van der Waals surface area contributed by atoms with Gasteiger partial charge < -0.3 is 4.74 Å². The first-order chi connectivity index (χ1) is 16.1. The van der Waals surface area contributed by atoms with E-state index in [9.17, 15) is 9.59 Å². The van der Waals surface area contributed by atoms with E-state index in [4.69, 9.17) is 16.3 Å². The molecule has 8 nitrogen and oxygen atoms in total. The number of nitrogens with zero attached hydrogens (tertiary/aromatic N) is 3. The fraction of sp³-hybridized carbons (Fsp3) is 0.0833. The molecule has 2 amide bonds. The molecule has 0 saturated carbocycles. The first-order valence-electron chi connectivity index (χ1n) is 10.2. The minimum atomic E-state index is -0.674. The second kappa shape index (κ2) is 9.97. The van der Waals surface area contributed by atoms with Crippen LogP contribution in [0.1, 0.15) is 27.8 Å². The summed E-state index contributed by atoms with van der Waals surface area (Å²) in [5.41, 5.74) is 7.03. The highest BCUT2D eigenvalue weighted by molar-refractivity contribution is 6.33. The van der Waals surface area contributed by atoms with Crippen molar-refractivity contribution >= 4 is 23.4 Å². The van der Waals surface area contributed by atoms with Gasteiger partial charge in [0.1, 0.15) is 5.69 Å². The van der Waals surface area contributed by atoms with Crippen LogP contribution in [0.5, 0.6) is 5.88 Å². The number of hydrogen-bond donors (Lipinski definition) is 2. The van der Waals surface area contributed by atoms with E-state index in [-0.39, 0.29) is 22.2 Å². The Kier molecular flexibility index (Phi) is 6.66. The van der Waals surface area contributed by atoms with Gasteiger partial charge in [-0.3, -0.25) is 20.4 Å². The maximum atomic E-state index is 13.0. The summed E-state index contributed by atoms with van der Waals surface area (Å²) in [7, 11) is 0. The minimum absolute atomic E-state index is 0.0637. The average Bonchev–Trinajstić information content (AvgIpc) is 3.30. The maximum absolute atomic E-state index is 13.0. The van der Waals surface area contributed by atoms with Crippen LogP contribution in [0.2, 0.25) is 5.02 Å². The number of benzene rings is 2. The molecule has 0 aliphatic carbocycles. The standard InChI is InChI=1S/C24H20ClN5O3/c1-2-33-20-14-13-19(25)22(26-20)24(32)28-27-23(31)18-15-30(17-11-7-4-8-12-17)29-21(18)16-9-5-3-6-10-16/h3-15H,2H2,1H3,(H,27,31)(H,28,32). The number of ether oxygens (including phenoxy) is 1. The first kappa shape index (κ1) is 22.0. The number of carbonyl (C=O) groups excluding carboxylic acids is 2. The zero-order valence-corrected chi connectivity index (χ0v) is 18.4. The molecule has 0 unspecified atom stereocenters. The van der Waals surface area contributed by atoms with Crippen molar-refractivity contribution in [3.05, 3.63) is 95.3 Å². The van der Waals surface area contributed by atoms with E-state index in [0.717, 1.165) is 11.3 Å². The summed E-state index contributed by atoms with van der Waals surface area (Å²) in [6.45, 7) is 2.19. The Balaban J connectivity index is 1.58. The highest BCUT2D eigenvalue weighted by Crippen LogP contribution is 2.23. The van der Waals surface area contributed by atoms with Crippen LogP contribution in [0.4, 0.5) is 0 Å². The van der Waals surface area contributed by atoms with Crippen molar-refractivity contribution in [1.29, 1.82) is 0 Å². The Hall–Kier alpha value is -4.17. The van der Waals surface area contributed by atoms with Crippen molar-refractivity contribution in [3.63, 3.8) is 0 Å². The third-order valence-corrected chi connectivity index (χ3v) is 4.95. The van der Waals surface area contributed by atoms with E-state index in [2.05, 4.69) is 20.9 Å². The number of hydrazine groups is 1. The lowest BCUT2D eigenvalue weighted by molar-refractivity contribution is 0.0844. The summed E-state index contributed by atoms with van der Waals surface area (Å²) in [5.74, 6) is -0.957. The smallest absolute Gasteiger partial charge is 0.289 e. The van der Waals surface area contributed by atoms with Crippen LogP contribution in [-0.4, -0.2) is 33.2 Å². The largest absolute Gasteiger partial charge is 0.478 e. The number of hydrogen-bond acceptors (Lipinski definition) is 5. The third kappa shape index (κ3) is 5.02. The number of rotatable bonds is 6. The minimum Gasteiger partial charge on any atom is -0.478 e. The summed E-state index contributed by atoms with van der Waals surface area (Å²) >= 11 is 6.10. The highest BCUT2D eigenvalue weighted by atomic mass is 35.5. The van der Waals surface area contributed by atoms with E-state index in [1.54, 1.807) is 23.9 Å². The van der Waals surface area contributed by atoms with Crippen molar-refractivity contribution < 1.29 is 14.3 Å². The summed E-state index contributed by atoms with van der Waals surface area (Å²) in [6, 6.07) is 21.8. The summed E-state index contributed by atoms with van der Waals surface area (Å²) in [4.78, 5) is 29.7. The van der Waals surface area contributed by atoms with Crippen LogP contribution in [0, 0.1) is 0 Å². The van der Waals surface area contributed by atoms with E-state index < -0.39 is 11.8 Å². The molecule has 0 spiro atoms. The SMILES string of the molecule is CCOc1ccc(Cl)c(C(=O)NNC(=O)c2cn(-c3ccccc3)nc2-c2ccccc2)n1. The molecule has 0 atom stereocenters. The fourth-order valence-corrected chi connectivity index (χ4v) is 3.31. The molecule has 2 aromatic carbocycles. The molecule has 0 bridgehead atoms. The molecule has 2 aromatic heterocycles. The number of carbonyl (C=O) groups is 2. The molecule has 0 radical (unpaired) electrons. The van der Waals surface area contributed by atoms with Gasteiger partial charge in [-0.25, -0.2) is 9.67 Å². The van der Waals surface area contributed by atoms with Crippen molar-refractivity contribution in [1.82, 2.24) is 25.6 Å². The van der Waals surface area contributed by atoms with Crippen molar-refractivity contribution in [2.24, 2.45) is 0 Å². The third-order valence-electron chi connectivity index (χ3n) is 4.64. The van der Waals surface area contributed by atoms with E-state index in [1.807, 2.05) is 60.7 Å². The average molecular weight is 462 g/mol. The van der Waals surface area contributed by atoms with Crippen molar-refractivity contribution in [2.45, 2.75) is 6.92 Å².